The Bertz CT molecular complexity index is 2620. The molecule has 0 bridgehead atoms. The largest absolute Gasteiger partial charge is 0.352 e. The van der Waals surface area contributed by atoms with Gasteiger partial charge in [-0.2, -0.15) is 0 Å². The Balaban J connectivity index is 0.797. The van der Waals surface area contributed by atoms with E-state index in [4.69, 9.17) is 23.2 Å². The monoisotopic (exact) mass is 934 g/mol. The molecule has 3 saturated heterocycles. The molecule has 2 unspecified atom stereocenters. The highest BCUT2D eigenvalue weighted by Gasteiger charge is 2.72. The summed E-state index contributed by atoms with van der Waals surface area (Å²) >= 11 is 12.9. The number of imide groups is 1. The van der Waals surface area contributed by atoms with Crippen LogP contribution < -0.4 is 21.3 Å². The summed E-state index contributed by atoms with van der Waals surface area (Å²) in [5, 5.41) is 12.8. The summed E-state index contributed by atoms with van der Waals surface area (Å²) in [6.45, 7) is 3.49. The number of carbonyl (C=O) groups excluding carboxylic acids is 6. The molecule has 3 aromatic rings. The minimum atomic E-state index is -1.32. The highest BCUT2D eigenvalue weighted by molar-refractivity contribution is 6.31. The summed E-state index contributed by atoms with van der Waals surface area (Å²) in [4.78, 5) is 84.6. The Morgan fingerprint density at radius 1 is 0.879 bits per heavy atom. The summed E-state index contributed by atoms with van der Waals surface area (Å²) in [6, 6.07) is 13.7. The van der Waals surface area contributed by atoms with Gasteiger partial charge in [-0.3, -0.25) is 39.4 Å². The maximum Gasteiger partial charge on any atom is 0.255 e. The lowest BCUT2D eigenvalue weighted by Gasteiger charge is -2.47. The second-order valence-corrected chi connectivity index (χ2v) is 20.6. The second kappa shape index (κ2) is 17.1. The van der Waals surface area contributed by atoms with Gasteiger partial charge in [-0.05, 0) is 112 Å². The number of piperidine rings is 2. The molecule has 66 heavy (non-hydrogen) atoms. The fourth-order valence-electron chi connectivity index (χ4n) is 12.5. The highest BCUT2D eigenvalue weighted by atomic mass is 35.5. The van der Waals surface area contributed by atoms with E-state index in [0.29, 0.717) is 92.7 Å². The number of likely N-dealkylation sites (tertiary alicyclic amines) is 1. The lowest BCUT2D eigenvalue weighted by Crippen LogP contribution is -2.60. The Kier molecular flexibility index (Phi) is 11.5. The van der Waals surface area contributed by atoms with E-state index in [9.17, 15) is 28.8 Å². The van der Waals surface area contributed by atoms with E-state index in [1.807, 2.05) is 17.0 Å². The predicted octanol–water partition coefficient (Wildman–Crippen LogP) is 6.90. The van der Waals surface area contributed by atoms with Crippen LogP contribution in [0, 0.1) is 29.0 Å². The van der Waals surface area contributed by atoms with Gasteiger partial charge in [0, 0.05) is 76.7 Å². The number of carbonyl (C=O) groups is 6. The number of benzene rings is 3. The summed E-state index contributed by atoms with van der Waals surface area (Å²) in [5.41, 5.74) is 1.03. The fourth-order valence-corrected chi connectivity index (χ4v) is 12.9. The van der Waals surface area contributed by atoms with E-state index in [2.05, 4.69) is 40.0 Å². The first-order valence-electron chi connectivity index (χ1n) is 23.4. The lowest BCUT2D eigenvalue weighted by atomic mass is 9.55. The zero-order valence-corrected chi connectivity index (χ0v) is 38.4. The molecular formula is C51H53Cl2FN6O6. The number of anilines is 1. The van der Waals surface area contributed by atoms with Crippen LogP contribution in [0.15, 0.2) is 54.6 Å². The van der Waals surface area contributed by atoms with Gasteiger partial charge >= 0.3 is 0 Å². The number of fused-ring (bicyclic) bond motifs is 4. The van der Waals surface area contributed by atoms with Crippen LogP contribution in [0.2, 0.25) is 10.0 Å². The van der Waals surface area contributed by atoms with Gasteiger partial charge in [0.2, 0.25) is 29.5 Å². The molecule has 6 amide bonds. The van der Waals surface area contributed by atoms with Gasteiger partial charge in [-0.15, -0.1) is 0 Å². The molecule has 4 atom stereocenters. The van der Waals surface area contributed by atoms with Crippen LogP contribution in [0.4, 0.5) is 10.1 Å². The van der Waals surface area contributed by atoms with E-state index in [0.717, 1.165) is 30.4 Å². The second-order valence-electron chi connectivity index (χ2n) is 19.8. The molecule has 2 aliphatic carbocycles. The Morgan fingerprint density at radius 3 is 2.36 bits per heavy atom. The van der Waals surface area contributed by atoms with Crippen molar-refractivity contribution in [1.82, 2.24) is 25.8 Å². The standard InChI is InChI=1S/C51H53Cl2FN6O6/c1-49(22-19-29-7-5-8-33-35(29)28-60(47(33)65)39-17-18-40(61)57-44(39)62)23-25-59(26-24-49)46(64)30-11-14-32(15-12-30)55-45(63)43-41(34-9-6-10-37(53)42(34)54)51(50(58-43)20-3-2-4-21-50)36-16-13-31(52)27-38(36)56-48(51)66/h5-10,13,16,27,30,32,39,41,43,58H,2-4,11-12,14-15,17-18,20-21,23-26,28H2,1H3,(H,55,63)(H,56,66)(H,57,61,62)/t30?,32?,39?,41-,43+,51?/m0/s1. The lowest BCUT2D eigenvalue weighted by molar-refractivity contribution is -0.139. The zero-order chi connectivity index (χ0) is 46.1. The molecule has 344 valence electrons. The van der Waals surface area contributed by atoms with Gasteiger partial charge in [0.1, 0.15) is 17.3 Å². The minimum Gasteiger partial charge on any atom is -0.352 e. The van der Waals surface area contributed by atoms with Crippen LogP contribution in [0.5, 0.6) is 0 Å². The molecule has 0 radical (unpaired) electrons. The van der Waals surface area contributed by atoms with E-state index in [1.165, 1.54) is 11.0 Å². The third-order valence-electron chi connectivity index (χ3n) is 16.0. The quantitative estimate of drug-likeness (QED) is 0.160. The third kappa shape index (κ3) is 7.39. The van der Waals surface area contributed by atoms with Crippen LogP contribution in [0.25, 0.3) is 0 Å². The molecule has 5 aliphatic heterocycles. The first kappa shape index (κ1) is 44.5. The van der Waals surface area contributed by atoms with Crippen molar-refractivity contribution in [2.24, 2.45) is 11.3 Å². The molecule has 2 spiro atoms. The molecule has 3 aromatic carbocycles. The number of rotatable bonds is 5. The molecule has 5 heterocycles. The zero-order valence-electron chi connectivity index (χ0n) is 36.9. The molecule has 0 aromatic heterocycles. The van der Waals surface area contributed by atoms with Crippen molar-refractivity contribution in [2.75, 3.05) is 18.4 Å². The smallest absolute Gasteiger partial charge is 0.255 e. The predicted molar refractivity (Wildman–Crippen MR) is 246 cm³/mol. The summed E-state index contributed by atoms with van der Waals surface area (Å²) in [5.74, 6) is 3.59. The molecule has 7 aliphatic rings. The van der Waals surface area contributed by atoms with Gasteiger partial charge in [-0.1, -0.05) is 78.6 Å². The van der Waals surface area contributed by atoms with Crippen molar-refractivity contribution in [2.45, 2.75) is 132 Å². The molecule has 12 nitrogen and oxygen atoms in total. The van der Waals surface area contributed by atoms with Crippen molar-refractivity contribution in [3.8, 4) is 11.8 Å². The Hall–Kier alpha value is -5.29. The molecule has 5 fully saturated rings. The molecule has 2 saturated carbocycles. The van der Waals surface area contributed by atoms with Gasteiger partial charge in [0.25, 0.3) is 5.91 Å². The van der Waals surface area contributed by atoms with Crippen LogP contribution in [-0.2, 0) is 35.9 Å². The van der Waals surface area contributed by atoms with Crippen molar-refractivity contribution in [3.05, 3.63) is 98.3 Å². The normalized spacial score (nSPS) is 28.6. The van der Waals surface area contributed by atoms with Crippen LogP contribution in [0.1, 0.15) is 129 Å². The third-order valence-corrected chi connectivity index (χ3v) is 16.5. The summed E-state index contributed by atoms with van der Waals surface area (Å²) < 4.78 is 16.4. The van der Waals surface area contributed by atoms with Gasteiger partial charge in [-0.25, -0.2) is 4.39 Å². The van der Waals surface area contributed by atoms with Crippen molar-refractivity contribution in [1.29, 1.82) is 0 Å². The first-order chi connectivity index (χ1) is 31.7. The topological polar surface area (TPSA) is 157 Å². The van der Waals surface area contributed by atoms with E-state index >= 15 is 4.39 Å². The first-order valence-corrected chi connectivity index (χ1v) is 24.2. The van der Waals surface area contributed by atoms with E-state index in [-0.39, 0.29) is 70.5 Å². The van der Waals surface area contributed by atoms with Crippen LogP contribution in [-0.4, -0.2) is 82.0 Å². The number of halogens is 3. The van der Waals surface area contributed by atoms with Gasteiger partial charge in [0.15, 0.2) is 0 Å². The summed E-state index contributed by atoms with van der Waals surface area (Å²) in [7, 11) is 0. The molecule has 4 N–H and O–H groups in total. The van der Waals surface area contributed by atoms with E-state index in [1.54, 1.807) is 36.4 Å². The molecular weight excluding hydrogens is 883 g/mol. The molecule has 10 rings (SSSR count). The van der Waals surface area contributed by atoms with Crippen molar-refractivity contribution >= 4 is 64.3 Å². The van der Waals surface area contributed by atoms with Gasteiger partial charge < -0.3 is 20.4 Å². The van der Waals surface area contributed by atoms with E-state index < -0.39 is 40.7 Å². The highest BCUT2D eigenvalue weighted by Crippen LogP contribution is 2.63. The maximum absolute atomic E-state index is 16.4. The number of amides is 6. The van der Waals surface area contributed by atoms with Crippen molar-refractivity contribution < 1.29 is 33.2 Å². The average Bonchev–Trinajstić information content (AvgIpc) is 3.90. The summed E-state index contributed by atoms with van der Waals surface area (Å²) in [6.07, 6.45) is 8.23. The van der Waals surface area contributed by atoms with Crippen LogP contribution >= 0.6 is 23.2 Å². The number of hydrogen-bond acceptors (Lipinski definition) is 7. The van der Waals surface area contributed by atoms with Crippen molar-refractivity contribution in [3.63, 3.8) is 0 Å². The SMILES string of the molecule is CC1(C#Cc2cccc3c2CN(C2CCC(=O)NC2=O)C3=O)CCN(C(=O)C2CCC(NC(=O)[C@@H]3NC4(CCCCC4)C4(C(=O)Nc5cc(Cl)ccc54)[C@H]3c3cccc(Cl)c3F)CC2)CC1. The minimum absolute atomic E-state index is 0.0780. The number of nitrogens with zero attached hydrogens (tertiary/aromatic N) is 2. The Morgan fingerprint density at radius 2 is 1.62 bits per heavy atom. The Labute approximate surface area is 393 Å². The number of nitrogens with one attached hydrogen (secondary N) is 4. The van der Waals surface area contributed by atoms with Gasteiger partial charge in [0.05, 0.1) is 11.1 Å². The van der Waals surface area contributed by atoms with Crippen LogP contribution in [0.3, 0.4) is 0 Å². The fraction of sp³-hybridized carbons (Fsp3) is 0.490. The average molecular weight is 936 g/mol. The molecule has 15 heteroatoms. The number of hydrogen-bond donors (Lipinski definition) is 4. The maximum atomic E-state index is 16.4.